The molecule has 0 amide bonds. The van der Waals surface area contributed by atoms with E-state index in [1.165, 1.54) is 0 Å². The molecule has 0 aliphatic rings. The molecule has 1 aromatic carbocycles. The van der Waals surface area contributed by atoms with E-state index in [1.54, 1.807) is 0 Å². The number of aryl methyl sites for hydroxylation is 1. The molecule has 3 nitrogen and oxygen atoms in total. The van der Waals surface area contributed by atoms with Gasteiger partial charge in [0.25, 0.3) is 0 Å². The van der Waals surface area contributed by atoms with Gasteiger partial charge in [0.05, 0.1) is 13.0 Å². The predicted octanol–water partition coefficient (Wildman–Crippen LogP) is 3.24. The summed E-state index contributed by atoms with van der Waals surface area (Å²) >= 11 is 0. The smallest absolute Gasteiger partial charge is 0.306 e. The van der Waals surface area contributed by atoms with Gasteiger partial charge in [0, 0.05) is 23.9 Å². The number of hydrogen-bond acceptors (Lipinski definition) is 3. The van der Waals surface area contributed by atoms with Crippen molar-refractivity contribution in [3.63, 3.8) is 0 Å². The Morgan fingerprint density at radius 1 is 1.11 bits per heavy atom. The second-order valence-corrected chi connectivity index (χ2v) is 4.21. The van der Waals surface area contributed by atoms with Crippen LogP contribution in [-0.2, 0) is 16.0 Å². The zero-order valence-corrected chi connectivity index (χ0v) is 11.0. The van der Waals surface area contributed by atoms with Gasteiger partial charge in [0.1, 0.15) is 0 Å². The zero-order valence-electron chi connectivity index (χ0n) is 11.0. The summed E-state index contributed by atoms with van der Waals surface area (Å²) in [6, 6.07) is 14.1. The molecule has 0 N–H and O–H groups in total. The summed E-state index contributed by atoms with van der Waals surface area (Å²) in [6.45, 7) is 2.24. The summed E-state index contributed by atoms with van der Waals surface area (Å²) in [4.78, 5) is 15.6. The van der Waals surface area contributed by atoms with Crippen molar-refractivity contribution >= 4 is 5.97 Å². The highest BCUT2D eigenvalue weighted by Gasteiger charge is 2.04. The minimum Gasteiger partial charge on any atom is -0.466 e. The summed E-state index contributed by atoms with van der Waals surface area (Å²) < 4.78 is 4.89. The van der Waals surface area contributed by atoms with E-state index in [-0.39, 0.29) is 5.97 Å². The Hall–Kier alpha value is -2.16. The van der Waals surface area contributed by atoms with E-state index >= 15 is 0 Å². The molecule has 0 fully saturated rings. The van der Waals surface area contributed by atoms with Crippen LogP contribution in [-0.4, -0.2) is 17.6 Å². The molecule has 3 heteroatoms. The predicted molar refractivity (Wildman–Crippen MR) is 74.6 cm³/mol. The molecule has 0 aliphatic heterocycles. The first-order chi connectivity index (χ1) is 9.29. The standard InChI is InChI=1S/C16H17NO2/c1-2-19-16(18)11-10-15-9-8-14(12-17-15)13-6-4-3-5-7-13/h3-9,12H,2,10-11H2,1H3. The van der Waals surface area contributed by atoms with Crippen LogP contribution in [0.15, 0.2) is 48.7 Å². The summed E-state index contributed by atoms with van der Waals surface area (Å²) in [5, 5.41) is 0. The topological polar surface area (TPSA) is 39.2 Å². The number of ether oxygens (including phenoxy) is 1. The van der Waals surface area contributed by atoms with E-state index in [4.69, 9.17) is 4.74 Å². The fourth-order valence-corrected chi connectivity index (χ4v) is 1.84. The summed E-state index contributed by atoms with van der Waals surface area (Å²) in [5.74, 6) is -0.170. The van der Waals surface area contributed by atoms with Crippen LogP contribution in [0.2, 0.25) is 0 Å². The second-order valence-electron chi connectivity index (χ2n) is 4.21. The third kappa shape index (κ3) is 3.91. The van der Waals surface area contributed by atoms with Crippen LogP contribution in [0, 0.1) is 0 Å². The van der Waals surface area contributed by atoms with Crippen molar-refractivity contribution in [2.45, 2.75) is 19.8 Å². The van der Waals surface area contributed by atoms with Gasteiger partial charge < -0.3 is 4.74 Å². The highest BCUT2D eigenvalue weighted by Crippen LogP contribution is 2.17. The molecule has 0 bridgehead atoms. The van der Waals surface area contributed by atoms with Gasteiger partial charge in [0.15, 0.2) is 0 Å². The quantitative estimate of drug-likeness (QED) is 0.770. The fourth-order valence-electron chi connectivity index (χ4n) is 1.84. The Balaban J connectivity index is 1.97. The number of pyridine rings is 1. The number of carbonyl (C=O) groups excluding carboxylic acids is 1. The maximum Gasteiger partial charge on any atom is 0.306 e. The van der Waals surface area contributed by atoms with Crippen molar-refractivity contribution in [3.05, 3.63) is 54.4 Å². The van der Waals surface area contributed by atoms with E-state index in [2.05, 4.69) is 17.1 Å². The lowest BCUT2D eigenvalue weighted by molar-refractivity contribution is -0.143. The molecular formula is C16H17NO2. The zero-order chi connectivity index (χ0) is 13.5. The SMILES string of the molecule is CCOC(=O)CCc1ccc(-c2ccccc2)cn1. The van der Waals surface area contributed by atoms with Crippen LogP contribution in [0.5, 0.6) is 0 Å². The molecule has 2 aromatic rings. The van der Waals surface area contributed by atoms with Crippen LogP contribution in [0.1, 0.15) is 19.0 Å². The fraction of sp³-hybridized carbons (Fsp3) is 0.250. The molecule has 2 rings (SSSR count). The molecule has 19 heavy (non-hydrogen) atoms. The normalized spacial score (nSPS) is 10.2. The first-order valence-electron chi connectivity index (χ1n) is 6.45. The Morgan fingerprint density at radius 2 is 1.89 bits per heavy atom. The molecule has 0 radical (unpaired) electrons. The van der Waals surface area contributed by atoms with Crippen molar-refractivity contribution in [1.82, 2.24) is 4.98 Å². The summed E-state index contributed by atoms with van der Waals surface area (Å²) in [5.41, 5.74) is 3.14. The monoisotopic (exact) mass is 255 g/mol. The molecular weight excluding hydrogens is 238 g/mol. The van der Waals surface area contributed by atoms with Crippen LogP contribution < -0.4 is 0 Å². The number of benzene rings is 1. The summed E-state index contributed by atoms with van der Waals surface area (Å²) in [6.07, 6.45) is 2.84. The van der Waals surface area contributed by atoms with E-state index in [9.17, 15) is 4.79 Å². The maximum atomic E-state index is 11.3. The highest BCUT2D eigenvalue weighted by atomic mass is 16.5. The van der Waals surface area contributed by atoms with Crippen molar-refractivity contribution < 1.29 is 9.53 Å². The Kier molecular flexibility index (Phi) is 4.67. The lowest BCUT2D eigenvalue weighted by Gasteiger charge is -2.04. The minimum atomic E-state index is -0.170. The van der Waals surface area contributed by atoms with Crippen LogP contribution in [0.4, 0.5) is 0 Å². The average molecular weight is 255 g/mol. The molecule has 0 aliphatic carbocycles. The van der Waals surface area contributed by atoms with Gasteiger partial charge in [-0.3, -0.25) is 9.78 Å². The Labute approximate surface area is 113 Å². The maximum absolute atomic E-state index is 11.3. The molecule has 0 spiro atoms. The van der Waals surface area contributed by atoms with E-state index in [0.717, 1.165) is 16.8 Å². The highest BCUT2D eigenvalue weighted by molar-refractivity contribution is 5.69. The molecule has 98 valence electrons. The van der Waals surface area contributed by atoms with Gasteiger partial charge in [-0.25, -0.2) is 0 Å². The number of carbonyl (C=O) groups is 1. The van der Waals surface area contributed by atoms with Gasteiger partial charge in [-0.15, -0.1) is 0 Å². The molecule has 1 aromatic heterocycles. The van der Waals surface area contributed by atoms with Crippen molar-refractivity contribution in [3.8, 4) is 11.1 Å². The Bertz CT molecular complexity index is 520. The van der Waals surface area contributed by atoms with E-state index in [1.807, 2.05) is 43.5 Å². The van der Waals surface area contributed by atoms with Gasteiger partial charge in [0.2, 0.25) is 0 Å². The summed E-state index contributed by atoms with van der Waals surface area (Å²) in [7, 11) is 0. The molecule has 1 heterocycles. The van der Waals surface area contributed by atoms with Gasteiger partial charge in [-0.2, -0.15) is 0 Å². The number of esters is 1. The van der Waals surface area contributed by atoms with Crippen LogP contribution in [0.3, 0.4) is 0 Å². The van der Waals surface area contributed by atoms with E-state index in [0.29, 0.717) is 19.4 Å². The molecule has 0 saturated carbocycles. The number of rotatable bonds is 5. The van der Waals surface area contributed by atoms with Crippen molar-refractivity contribution in [2.24, 2.45) is 0 Å². The average Bonchev–Trinajstić information content (AvgIpc) is 2.47. The van der Waals surface area contributed by atoms with Crippen molar-refractivity contribution in [1.29, 1.82) is 0 Å². The number of aromatic nitrogens is 1. The minimum absolute atomic E-state index is 0.170. The third-order valence-corrected chi connectivity index (χ3v) is 2.82. The van der Waals surface area contributed by atoms with Gasteiger partial charge >= 0.3 is 5.97 Å². The lowest BCUT2D eigenvalue weighted by atomic mass is 10.1. The molecule has 0 unspecified atom stereocenters. The first kappa shape index (κ1) is 13.3. The van der Waals surface area contributed by atoms with E-state index < -0.39 is 0 Å². The number of nitrogens with zero attached hydrogens (tertiary/aromatic N) is 1. The van der Waals surface area contributed by atoms with Gasteiger partial charge in [-0.1, -0.05) is 36.4 Å². The third-order valence-electron chi connectivity index (χ3n) is 2.82. The van der Waals surface area contributed by atoms with Crippen LogP contribution >= 0.6 is 0 Å². The second kappa shape index (κ2) is 6.69. The van der Waals surface area contributed by atoms with Crippen LogP contribution in [0.25, 0.3) is 11.1 Å². The van der Waals surface area contributed by atoms with Gasteiger partial charge in [-0.05, 0) is 18.6 Å². The first-order valence-corrected chi connectivity index (χ1v) is 6.45. The Morgan fingerprint density at radius 3 is 2.53 bits per heavy atom. The molecule has 0 atom stereocenters. The number of hydrogen-bond donors (Lipinski definition) is 0. The molecule has 0 saturated heterocycles. The lowest BCUT2D eigenvalue weighted by Crippen LogP contribution is -2.05. The van der Waals surface area contributed by atoms with Crippen molar-refractivity contribution in [2.75, 3.05) is 6.61 Å². The largest absolute Gasteiger partial charge is 0.466 e.